The van der Waals surface area contributed by atoms with Gasteiger partial charge in [0.2, 0.25) is 0 Å². The first-order chi connectivity index (χ1) is 15.8. The topological polar surface area (TPSA) is 54.9 Å². The van der Waals surface area contributed by atoms with E-state index >= 15 is 0 Å². The number of halogens is 3. The number of nitrogens with zero attached hydrogens (tertiary/aromatic N) is 3. The van der Waals surface area contributed by atoms with Crippen molar-refractivity contribution in [3.8, 4) is 5.75 Å². The molecule has 33 heavy (non-hydrogen) atoms. The second-order valence-corrected chi connectivity index (χ2v) is 8.72. The largest absolute Gasteiger partial charge is 0.494 e. The number of thiazole rings is 1. The molecule has 3 aromatic rings. The fraction of sp³-hybridized carbons (Fsp3) is 0.391. The van der Waals surface area contributed by atoms with Gasteiger partial charge in [-0.1, -0.05) is 17.4 Å². The number of morpholine rings is 1. The van der Waals surface area contributed by atoms with Crippen LogP contribution in [0.4, 0.5) is 18.3 Å². The highest BCUT2D eigenvalue weighted by molar-refractivity contribution is 7.22. The van der Waals surface area contributed by atoms with Crippen LogP contribution in [0, 0.1) is 6.92 Å². The minimum Gasteiger partial charge on any atom is -0.494 e. The minimum atomic E-state index is -4.46. The average Bonchev–Trinajstić information content (AvgIpc) is 3.26. The predicted octanol–water partition coefficient (Wildman–Crippen LogP) is 4.61. The van der Waals surface area contributed by atoms with Crippen LogP contribution in [0.5, 0.6) is 5.75 Å². The van der Waals surface area contributed by atoms with E-state index in [1.165, 1.54) is 23.5 Å². The Kier molecular flexibility index (Phi) is 6.87. The van der Waals surface area contributed by atoms with Crippen LogP contribution in [0.25, 0.3) is 10.2 Å². The van der Waals surface area contributed by atoms with Crippen molar-refractivity contribution in [2.24, 2.45) is 0 Å². The highest BCUT2D eigenvalue weighted by atomic mass is 32.1. The van der Waals surface area contributed by atoms with Crippen molar-refractivity contribution in [2.45, 2.75) is 13.1 Å². The number of aryl methyl sites for hydroxylation is 1. The van der Waals surface area contributed by atoms with Gasteiger partial charge in [-0.2, -0.15) is 13.2 Å². The number of ether oxygens (including phenoxy) is 2. The normalized spacial score (nSPS) is 15.1. The molecule has 1 fully saturated rings. The first kappa shape index (κ1) is 23.5. The summed E-state index contributed by atoms with van der Waals surface area (Å²) in [5.41, 5.74) is 1.05. The highest BCUT2D eigenvalue weighted by Crippen LogP contribution is 2.37. The number of carbonyl (C=O) groups is 1. The fourth-order valence-corrected chi connectivity index (χ4v) is 4.76. The van der Waals surface area contributed by atoms with Crippen LogP contribution in [0.3, 0.4) is 0 Å². The Morgan fingerprint density at radius 1 is 1.18 bits per heavy atom. The molecule has 1 aromatic heterocycles. The molecule has 176 valence electrons. The summed E-state index contributed by atoms with van der Waals surface area (Å²) in [4.78, 5) is 21.9. The molecular weight excluding hydrogens is 455 g/mol. The Morgan fingerprint density at radius 2 is 1.88 bits per heavy atom. The van der Waals surface area contributed by atoms with Crippen LogP contribution in [0.2, 0.25) is 0 Å². The van der Waals surface area contributed by atoms with Crippen LogP contribution >= 0.6 is 11.3 Å². The van der Waals surface area contributed by atoms with Crippen LogP contribution in [-0.2, 0) is 10.9 Å². The molecule has 1 aliphatic rings. The van der Waals surface area contributed by atoms with E-state index in [-0.39, 0.29) is 5.56 Å². The van der Waals surface area contributed by atoms with Gasteiger partial charge in [0.1, 0.15) is 11.3 Å². The van der Waals surface area contributed by atoms with Gasteiger partial charge in [0.05, 0.1) is 30.6 Å². The second kappa shape index (κ2) is 9.66. The van der Waals surface area contributed by atoms with E-state index in [1.807, 2.05) is 19.1 Å². The molecule has 10 heteroatoms. The third kappa shape index (κ3) is 5.13. The third-order valence-electron chi connectivity index (χ3n) is 5.59. The van der Waals surface area contributed by atoms with Crippen molar-refractivity contribution >= 4 is 32.6 Å². The smallest absolute Gasteiger partial charge is 0.416 e. The summed E-state index contributed by atoms with van der Waals surface area (Å²) in [6.07, 6.45) is -4.46. The first-order valence-electron chi connectivity index (χ1n) is 10.5. The Morgan fingerprint density at radius 3 is 2.52 bits per heavy atom. The lowest BCUT2D eigenvalue weighted by atomic mass is 10.1. The molecule has 4 rings (SSSR count). The molecule has 0 spiro atoms. The predicted molar refractivity (Wildman–Crippen MR) is 121 cm³/mol. The Balaban J connectivity index is 1.68. The number of methoxy groups -OCH3 is 1. The van der Waals surface area contributed by atoms with Gasteiger partial charge in [-0.3, -0.25) is 14.6 Å². The zero-order chi connectivity index (χ0) is 23.6. The first-order valence-corrected chi connectivity index (χ1v) is 11.3. The summed E-state index contributed by atoms with van der Waals surface area (Å²) < 4.78 is 50.6. The van der Waals surface area contributed by atoms with Gasteiger partial charge < -0.3 is 9.47 Å². The maximum atomic E-state index is 13.4. The van der Waals surface area contributed by atoms with Gasteiger partial charge in [-0.25, -0.2) is 4.98 Å². The van der Waals surface area contributed by atoms with E-state index in [0.29, 0.717) is 42.7 Å². The molecule has 0 saturated carbocycles. The zero-order valence-corrected chi connectivity index (χ0v) is 19.1. The van der Waals surface area contributed by atoms with E-state index < -0.39 is 17.6 Å². The standard InChI is InChI=1S/C23H24F3N3O3S/c1-15-3-8-18(31-2)19-20(15)33-22(27-19)29(10-9-28-11-13-32-14-12-28)21(30)16-4-6-17(7-5-16)23(24,25)26/h3-8H,9-14H2,1-2H3. The number of aromatic nitrogens is 1. The number of rotatable bonds is 6. The Bertz CT molecular complexity index is 1130. The molecule has 0 aliphatic carbocycles. The lowest BCUT2D eigenvalue weighted by Crippen LogP contribution is -2.43. The monoisotopic (exact) mass is 479 g/mol. The number of alkyl halides is 3. The SMILES string of the molecule is COc1ccc(C)c2sc(N(CCN3CCOCC3)C(=O)c3ccc(C(F)(F)F)cc3)nc12. The summed E-state index contributed by atoms with van der Waals surface area (Å²) in [6.45, 7) is 5.68. The number of amides is 1. The van der Waals surface area contributed by atoms with Crippen molar-refractivity contribution in [1.29, 1.82) is 0 Å². The van der Waals surface area contributed by atoms with Crippen LogP contribution in [-0.4, -0.2) is 62.3 Å². The van der Waals surface area contributed by atoms with Gasteiger partial charge in [-0.05, 0) is 42.8 Å². The minimum absolute atomic E-state index is 0.174. The van der Waals surface area contributed by atoms with E-state index in [4.69, 9.17) is 9.47 Å². The molecule has 1 saturated heterocycles. The zero-order valence-electron chi connectivity index (χ0n) is 18.3. The molecule has 2 aromatic carbocycles. The molecule has 2 heterocycles. The summed E-state index contributed by atoms with van der Waals surface area (Å²) in [5.74, 6) is 0.209. The van der Waals surface area contributed by atoms with Gasteiger partial charge in [0.25, 0.3) is 5.91 Å². The number of fused-ring (bicyclic) bond motifs is 1. The number of carbonyl (C=O) groups excluding carboxylic acids is 1. The van der Waals surface area contributed by atoms with E-state index in [0.717, 1.165) is 35.5 Å². The molecule has 0 atom stereocenters. The van der Waals surface area contributed by atoms with E-state index in [2.05, 4.69) is 9.88 Å². The number of hydrogen-bond donors (Lipinski definition) is 0. The van der Waals surface area contributed by atoms with Gasteiger partial charge in [0, 0.05) is 31.7 Å². The molecule has 1 amide bonds. The number of anilines is 1. The van der Waals surface area contributed by atoms with Crippen LogP contribution in [0.1, 0.15) is 21.5 Å². The number of benzene rings is 2. The maximum Gasteiger partial charge on any atom is 0.416 e. The molecule has 1 aliphatic heterocycles. The van der Waals surface area contributed by atoms with Crippen molar-refractivity contribution in [3.05, 3.63) is 53.1 Å². The van der Waals surface area contributed by atoms with E-state index in [1.54, 1.807) is 12.0 Å². The summed E-state index contributed by atoms with van der Waals surface area (Å²) in [5, 5.41) is 0.482. The van der Waals surface area contributed by atoms with Crippen LogP contribution in [0.15, 0.2) is 36.4 Å². The van der Waals surface area contributed by atoms with Gasteiger partial charge >= 0.3 is 6.18 Å². The van der Waals surface area contributed by atoms with Gasteiger partial charge in [-0.15, -0.1) is 0 Å². The third-order valence-corrected chi connectivity index (χ3v) is 6.80. The quantitative estimate of drug-likeness (QED) is 0.517. The van der Waals surface area contributed by atoms with E-state index in [9.17, 15) is 18.0 Å². The summed E-state index contributed by atoms with van der Waals surface area (Å²) in [6, 6.07) is 8.05. The Hall–Kier alpha value is -2.69. The molecule has 0 bridgehead atoms. The number of hydrogen-bond acceptors (Lipinski definition) is 6. The molecule has 0 radical (unpaired) electrons. The second-order valence-electron chi connectivity index (χ2n) is 7.74. The van der Waals surface area contributed by atoms with Crippen LogP contribution < -0.4 is 9.64 Å². The molecular formula is C23H24F3N3O3S. The molecule has 0 N–H and O–H groups in total. The maximum absolute atomic E-state index is 13.4. The summed E-state index contributed by atoms with van der Waals surface area (Å²) in [7, 11) is 1.56. The van der Waals surface area contributed by atoms with Gasteiger partial charge in [0.15, 0.2) is 5.13 Å². The summed E-state index contributed by atoms with van der Waals surface area (Å²) >= 11 is 1.37. The highest BCUT2D eigenvalue weighted by Gasteiger charge is 2.31. The Labute approximate surface area is 193 Å². The average molecular weight is 480 g/mol. The molecule has 6 nitrogen and oxygen atoms in total. The van der Waals surface area contributed by atoms with Crippen molar-refractivity contribution in [1.82, 2.24) is 9.88 Å². The van der Waals surface area contributed by atoms with Crippen molar-refractivity contribution in [3.63, 3.8) is 0 Å². The fourth-order valence-electron chi connectivity index (χ4n) is 3.69. The lowest BCUT2D eigenvalue weighted by molar-refractivity contribution is -0.137. The lowest BCUT2D eigenvalue weighted by Gasteiger charge is -2.29. The molecule has 0 unspecified atom stereocenters. The van der Waals surface area contributed by atoms with Crippen molar-refractivity contribution in [2.75, 3.05) is 51.4 Å². The van der Waals surface area contributed by atoms with Crippen molar-refractivity contribution < 1.29 is 27.4 Å².